The molecule has 0 amide bonds. The third-order valence-electron chi connectivity index (χ3n) is 4.99. The van der Waals surface area contributed by atoms with Crippen LogP contribution in [0.5, 0.6) is 0 Å². The van der Waals surface area contributed by atoms with Crippen LogP contribution in [0.15, 0.2) is 24.3 Å². The smallest absolute Gasteiger partial charge is 0.286 e. The Bertz CT molecular complexity index is 749. The van der Waals surface area contributed by atoms with Gasteiger partial charge in [-0.05, 0) is 60.7 Å². The topological polar surface area (TPSA) is 46.8 Å². The predicted molar refractivity (Wildman–Crippen MR) is 84.5 cm³/mol. The molecule has 1 aromatic heterocycles. The van der Waals surface area contributed by atoms with Crippen LogP contribution in [0, 0.1) is 0 Å². The normalized spacial score (nSPS) is 19.4. The van der Waals surface area contributed by atoms with Gasteiger partial charge in [0.25, 0.3) is 0 Å². The van der Waals surface area contributed by atoms with Crippen LogP contribution in [0.3, 0.4) is 0 Å². The highest BCUT2D eigenvalue weighted by Gasteiger charge is 2.36. The molecular formula is C17H20F3N5. The lowest BCUT2D eigenvalue weighted by Crippen LogP contribution is -2.30. The third-order valence-corrected chi connectivity index (χ3v) is 4.99. The number of benzene rings is 1. The first-order chi connectivity index (χ1) is 11.9. The minimum absolute atomic E-state index is 0.126. The van der Waals surface area contributed by atoms with E-state index in [1.54, 1.807) is 6.07 Å². The summed E-state index contributed by atoms with van der Waals surface area (Å²) < 4.78 is 40.9. The van der Waals surface area contributed by atoms with Crippen LogP contribution >= 0.6 is 0 Å². The molecule has 0 N–H and O–H groups in total. The molecule has 1 unspecified atom stereocenters. The van der Waals surface area contributed by atoms with Crippen LogP contribution in [0.1, 0.15) is 61.6 Å². The second kappa shape index (κ2) is 6.09. The van der Waals surface area contributed by atoms with Gasteiger partial charge < -0.3 is 0 Å². The largest absolute Gasteiger partial charge is 0.416 e. The highest BCUT2D eigenvalue weighted by Crippen LogP contribution is 2.39. The second-order valence-corrected chi connectivity index (χ2v) is 6.97. The molecule has 2 aliphatic carbocycles. The Kier molecular flexibility index (Phi) is 4.02. The molecule has 5 nitrogen and oxygen atoms in total. The Hall–Kier alpha value is -1.96. The SMILES string of the molecule is CC(c1cccc(C(F)(F)F)c1)N(Cc1nnnn1C1CC1)C1CC1. The maximum atomic E-state index is 13.0. The van der Waals surface area contributed by atoms with Crippen molar-refractivity contribution in [1.82, 2.24) is 25.1 Å². The van der Waals surface area contributed by atoms with Crippen molar-refractivity contribution in [3.8, 4) is 0 Å². The zero-order valence-corrected chi connectivity index (χ0v) is 13.9. The molecule has 1 heterocycles. The maximum absolute atomic E-state index is 13.0. The Morgan fingerprint density at radius 2 is 2.00 bits per heavy atom. The molecule has 8 heteroatoms. The number of nitrogens with zero attached hydrogens (tertiary/aromatic N) is 5. The Morgan fingerprint density at radius 1 is 1.24 bits per heavy atom. The van der Waals surface area contributed by atoms with E-state index in [2.05, 4.69) is 20.4 Å². The zero-order chi connectivity index (χ0) is 17.6. The molecule has 4 rings (SSSR count). The molecule has 2 aromatic rings. The Labute approximate surface area is 143 Å². The minimum Gasteiger partial charge on any atom is -0.286 e. The number of halogens is 3. The molecule has 134 valence electrons. The molecule has 2 aliphatic rings. The first-order valence-corrected chi connectivity index (χ1v) is 8.63. The summed E-state index contributed by atoms with van der Waals surface area (Å²) >= 11 is 0. The van der Waals surface area contributed by atoms with Crippen LogP contribution in [-0.4, -0.2) is 31.1 Å². The van der Waals surface area contributed by atoms with E-state index in [1.807, 2.05) is 11.6 Å². The van der Waals surface area contributed by atoms with Gasteiger partial charge in [-0.25, -0.2) is 4.68 Å². The lowest BCUT2D eigenvalue weighted by Gasteiger charge is -2.29. The molecule has 2 fully saturated rings. The molecule has 1 atom stereocenters. The molecule has 25 heavy (non-hydrogen) atoms. The van der Waals surface area contributed by atoms with Gasteiger partial charge in [0.2, 0.25) is 0 Å². The number of hydrogen-bond acceptors (Lipinski definition) is 4. The standard InChI is InChI=1S/C17H20F3N5/c1-11(12-3-2-4-13(9-12)17(18,19)20)24(14-5-6-14)10-16-21-22-23-25(16)15-7-8-15/h2-4,9,11,14-15H,5-8,10H2,1H3. The Balaban J connectivity index is 1.57. The third kappa shape index (κ3) is 3.53. The van der Waals surface area contributed by atoms with E-state index in [4.69, 9.17) is 0 Å². The molecule has 0 saturated heterocycles. The van der Waals surface area contributed by atoms with Crippen molar-refractivity contribution in [3.63, 3.8) is 0 Å². The number of tetrazole rings is 1. The van der Waals surface area contributed by atoms with E-state index in [9.17, 15) is 13.2 Å². The van der Waals surface area contributed by atoms with Crippen molar-refractivity contribution in [2.24, 2.45) is 0 Å². The van der Waals surface area contributed by atoms with Crippen molar-refractivity contribution in [1.29, 1.82) is 0 Å². The summed E-state index contributed by atoms with van der Waals surface area (Å²) in [5.41, 5.74) is 0.0718. The number of hydrogen-bond donors (Lipinski definition) is 0. The van der Waals surface area contributed by atoms with Crippen molar-refractivity contribution in [2.45, 2.75) is 63.5 Å². The average molecular weight is 351 g/mol. The van der Waals surface area contributed by atoms with Gasteiger partial charge in [0.1, 0.15) is 0 Å². The highest BCUT2D eigenvalue weighted by molar-refractivity contribution is 5.28. The maximum Gasteiger partial charge on any atom is 0.416 e. The van der Waals surface area contributed by atoms with Crippen LogP contribution in [0.2, 0.25) is 0 Å². The summed E-state index contributed by atoms with van der Waals surface area (Å²) in [5.74, 6) is 0.799. The van der Waals surface area contributed by atoms with E-state index < -0.39 is 11.7 Å². The molecular weight excluding hydrogens is 331 g/mol. The monoisotopic (exact) mass is 351 g/mol. The summed E-state index contributed by atoms with van der Waals surface area (Å²) in [5, 5.41) is 12.0. The van der Waals surface area contributed by atoms with Crippen LogP contribution in [0.4, 0.5) is 13.2 Å². The van der Waals surface area contributed by atoms with Gasteiger partial charge in [0, 0.05) is 12.1 Å². The van der Waals surface area contributed by atoms with E-state index >= 15 is 0 Å². The number of alkyl halides is 3. The second-order valence-electron chi connectivity index (χ2n) is 6.97. The van der Waals surface area contributed by atoms with E-state index in [1.165, 1.54) is 12.1 Å². The summed E-state index contributed by atoms with van der Waals surface area (Å²) in [4.78, 5) is 2.22. The van der Waals surface area contributed by atoms with Gasteiger partial charge in [-0.3, -0.25) is 4.90 Å². The van der Waals surface area contributed by atoms with Gasteiger partial charge in [-0.15, -0.1) is 5.10 Å². The van der Waals surface area contributed by atoms with Gasteiger partial charge >= 0.3 is 6.18 Å². The van der Waals surface area contributed by atoms with E-state index in [0.29, 0.717) is 24.2 Å². The lowest BCUT2D eigenvalue weighted by molar-refractivity contribution is -0.137. The minimum atomic E-state index is -4.32. The first-order valence-electron chi connectivity index (χ1n) is 8.63. The summed E-state index contributed by atoms with van der Waals surface area (Å²) in [6, 6.07) is 6.26. The van der Waals surface area contributed by atoms with Gasteiger partial charge in [0.15, 0.2) is 5.82 Å². The lowest BCUT2D eigenvalue weighted by atomic mass is 10.0. The Morgan fingerprint density at radius 3 is 2.64 bits per heavy atom. The number of rotatable bonds is 6. The van der Waals surface area contributed by atoms with Gasteiger partial charge in [0.05, 0.1) is 18.2 Å². The first kappa shape index (κ1) is 16.5. The molecule has 2 saturated carbocycles. The molecule has 1 aromatic carbocycles. The van der Waals surface area contributed by atoms with E-state index in [0.717, 1.165) is 37.6 Å². The summed E-state index contributed by atoms with van der Waals surface area (Å²) in [6.45, 7) is 2.52. The fourth-order valence-electron chi connectivity index (χ4n) is 3.24. The van der Waals surface area contributed by atoms with Crippen molar-refractivity contribution in [3.05, 3.63) is 41.2 Å². The quantitative estimate of drug-likeness (QED) is 0.795. The van der Waals surface area contributed by atoms with Crippen LogP contribution in [-0.2, 0) is 12.7 Å². The van der Waals surface area contributed by atoms with Crippen LogP contribution in [0.25, 0.3) is 0 Å². The molecule has 0 bridgehead atoms. The number of aromatic nitrogens is 4. The molecule has 0 radical (unpaired) electrons. The predicted octanol–water partition coefficient (Wildman–Crippen LogP) is 3.75. The van der Waals surface area contributed by atoms with Crippen molar-refractivity contribution < 1.29 is 13.2 Å². The van der Waals surface area contributed by atoms with E-state index in [-0.39, 0.29) is 6.04 Å². The van der Waals surface area contributed by atoms with Gasteiger partial charge in [-0.2, -0.15) is 13.2 Å². The summed E-state index contributed by atoms with van der Waals surface area (Å²) in [6.07, 6.45) is -0.0197. The summed E-state index contributed by atoms with van der Waals surface area (Å²) in [7, 11) is 0. The highest BCUT2D eigenvalue weighted by atomic mass is 19.4. The average Bonchev–Trinajstić information content (AvgIpc) is 3.51. The molecule has 0 spiro atoms. The fourth-order valence-corrected chi connectivity index (χ4v) is 3.24. The molecule has 0 aliphatic heterocycles. The fraction of sp³-hybridized carbons (Fsp3) is 0.588. The zero-order valence-electron chi connectivity index (χ0n) is 13.9. The van der Waals surface area contributed by atoms with Crippen molar-refractivity contribution in [2.75, 3.05) is 0 Å². The van der Waals surface area contributed by atoms with Gasteiger partial charge in [-0.1, -0.05) is 12.1 Å². The van der Waals surface area contributed by atoms with Crippen LogP contribution < -0.4 is 0 Å². The van der Waals surface area contributed by atoms with Crippen molar-refractivity contribution >= 4 is 0 Å².